The minimum Gasteiger partial charge on any atom is -0.489 e. The van der Waals surface area contributed by atoms with Crippen molar-refractivity contribution in [1.29, 1.82) is 5.26 Å². The Labute approximate surface area is 249 Å². The number of anilines is 1. The molecule has 1 aliphatic heterocycles. The number of allylic oxidation sites excluding steroid dienone is 1. The highest BCUT2D eigenvalue weighted by Crippen LogP contribution is 2.33. The van der Waals surface area contributed by atoms with E-state index < -0.39 is 6.04 Å². The van der Waals surface area contributed by atoms with Gasteiger partial charge in [0.05, 0.1) is 27.4 Å². The number of carbonyl (C=O) groups excluding carboxylic acids is 1. The number of carbonyl (C=O) groups is 1. The molecule has 2 aromatic heterocycles. The van der Waals surface area contributed by atoms with Crippen molar-refractivity contribution in [2.45, 2.75) is 19.6 Å². The summed E-state index contributed by atoms with van der Waals surface area (Å²) in [5, 5.41) is 14.2. The lowest BCUT2D eigenvalue weighted by Crippen LogP contribution is -2.40. The van der Waals surface area contributed by atoms with Crippen molar-refractivity contribution in [1.82, 2.24) is 4.57 Å². The summed E-state index contributed by atoms with van der Waals surface area (Å²) in [6.07, 6.45) is 1.83. The number of hydrogen-bond donors (Lipinski definition) is 1. The Balaban J connectivity index is 1.31. The van der Waals surface area contributed by atoms with Gasteiger partial charge in [-0.2, -0.15) is 5.26 Å². The highest BCUT2D eigenvalue weighted by Gasteiger charge is 2.33. The summed E-state index contributed by atoms with van der Waals surface area (Å²) in [6.45, 7) is 2.09. The number of amides is 1. The maximum Gasteiger partial charge on any atom is 0.271 e. The summed E-state index contributed by atoms with van der Waals surface area (Å²) >= 11 is 2.80. The third kappa shape index (κ3) is 5.46. The zero-order chi connectivity index (χ0) is 29.1. The lowest BCUT2D eigenvalue weighted by molar-refractivity contribution is -0.113. The van der Waals surface area contributed by atoms with Gasteiger partial charge in [-0.3, -0.25) is 14.2 Å². The minimum absolute atomic E-state index is 0.205. The smallest absolute Gasteiger partial charge is 0.271 e. The first kappa shape index (κ1) is 27.1. The van der Waals surface area contributed by atoms with Crippen LogP contribution in [0.3, 0.4) is 0 Å². The minimum atomic E-state index is -0.584. The molecule has 7 nitrogen and oxygen atoms in total. The lowest BCUT2D eigenvalue weighted by atomic mass is 10.0. The number of nitriles is 1. The SMILES string of the molecule is CC1=C(C(=O)Nc2ccccc2)[C@H](c2cccs2)n2c(s/c(=C/c3ccc(OCc4ccccc4C#N)cc3)c2=O)=N1. The van der Waals surface area contributed by atoms with E-state index in [9.17, 15) is 14.9 Å². The van der Waals surface area contributed by atoms with Gasteiger partial charge in [0.15, 0.2) is 4.80 Å². The van der Waals surface area contributed by atoms with Gasteiger partial charge in [0, 0.05) is 16.1 Å². The van der Waals surface area contributed by atoms with Gasteiger partial charge in [-0.05, 0) is 60.3 Å². The van der Waals surface area contributed by atoms with E-state index in [1.54, 1.807) is 10.6 Å². The number of para-hydroxylation sites is 1. The van der Waals surface area contributed by atoms with E-state index in [1.807, 2.05) is 103 Å². The zero-order valence-electron chi connectivity index (χ0n) is 22.5. The highest BCUT2D eigenvalue weighted by molar-refractivity contribution is 7.10. The number of benzene rings is 3. The Kier molecular flexibility index (Phi) is 7.64. The number of nitrogens with zero attached hydrogens (tertiary/aromatic N) is 3. The molecule has 3 heterocycles. The summed E-state index contributed by atoms with van der Waals surface area (Å²) in [4.78, 5) is 33.5. The van der Waals surface area contributed by atoms with Crippen LogP contribution in [-0.2, 0) is 11.4 Å². The topological polar surface area (TPSA) is 96.5 Å². The van der Waals surface area contributed by atoms with Crippen molar-refractivity contribution < 1.29 is 9.53 Å². The van der Waals surface area contributed by atoms with Crippen molar-refractivity contribution in [3.8, 4) is 11.8 Å². The van der Waals surface area contributed by atoms with E-state index in [4.69, 9.17) is 9.73 Å². The Morgan fingerprint density at radius 3 is 2.55 bits per heavy atom. The van der Waals surface area contributed by atoms with Crippen LogP contribution in [0.4, 0.5) is 5.69 Å². The fraction of sp³-hybridized carbons (Fsp3) is 0.0909. The molecular weight excluding hydrogens is 565 g/mol. The van der Waals surface area contributed by atoms with E-state index in [-0.39, 0.29) is 18.1 Å². The maximum absolute atomic E-state index is 13.8. The predicted molar refractivity (Wildman–Crippen MR) is 165 cm³/mol. The van der Waals surface area contributed by atoms with Crippen molar-refractivity contribution in [2.24, 2.45) is 4.99 Å². The Bertz CT molecular complexity index is 2020. The number of thiophene rings is 1. The van der Waals surface area contributed by atoms with E-state index in [0.29, 0.717) is 37.6 Å². The molecule has 1 amide bonds. The first-order chi connectivity index (χ1) is 20.5. The van der Waals surface area contributed by atoms with Crippen LogP contribution in [0.2, 0.25) is 0 Å². The van der Waals surface area contributed by atoms with Gasteiger partial charge in [0.1, 0.15) is 18.4 Å². The first-order valence-electron chi connectivity index (χ1n) is 13.1. The quantitative estimate of drug-likeness (QED) is 0.276. The third-order valence-electron chi connectivity index (χ3n) is 6.82. The summed E-state index contributed by atoms with van der Waals surface area (Å²) in [5.74, 6) is 0.367. The second kappa shape index (κ2) is 11.8. The molecule has 0 unspecified atom stereocenters. The van der Waals surface area contributed by atoms with Gasteiger partial charge in [0.2, 0.25) is 0 Å². The number of fused-ring (bicyclic) bond motifs is 1. The van der Waals surface area contributed by atoms with Crippen LogP contribution in [0, 0.1) is 11.3 Å². The zero-order valence-corrected chi connectivity index (χ0v) is 24.1. The van der Waals surface area contributed by atoms with Crippen molar-refractivity contribution in [2.75, 3.05) is 5.32 Å². The van der Waals surface area contributed by atoms with Crippen molar-refractivity contribution in [3.63, 3.8) is 0 Å². The highest BCUT2D eigenvalue weighted by atomic mass is 32.1. The Hall–Kier alpha value is -5.04. The molecule has 206 valence electrons. The monoisotopic (exact) mass is 588 g/mol. The molecular formula is C33H24N4O3S2. The molecule has 0 saturated carbocycles. The predicted octanol–water partition coefficient (Wildman–Crippen LogP) is 5.39. The molecule has 6 rings (SSSR count). The standard InChI is InChI=1S/C33H24N4O3S2/c1-21-29(31(38)36-25-10-3-2-4-11-25)30(27-12-7-17-41-27)37-32(39)28(42-33(37)35-21)18-22-13-15-26(16-14-22)40-20-24-9-6-5-8-23(24)19-34/h2-18,30H,20H2,1H3,(H,36,38)/b28-18+/t30-/m0/s1. The Morgan fingerprint density at radius 1 is 1.05 bits per heavy atom. The molecule has 1 atom stereocenters. The molecule has 0 saturated heterocycles. The molecule has 0 aliphatic carbocycles. The molecule has 0 spiro atoms. The Morgan fingerprint density at radius 2 is 1.81 bits per heavy atom. The van der Waals surface area contributed by atoms with Crippen molar-refractivity contribution in [3.05, 3.63) is 149 Å². The number of ether oxygens (including phenoxy) is 1. The molecule has 3 aromatic carbocycles. The third-order valence-corrected chi connectivity index (χ3v) is 8.73. The number of aromatic nitrogens is 1. The molecule has 0 radical (unpaired) electrons. The van der Waals surface area contributed by atoms with E-state index in [2.05, 4.69) is 11.4 Å². The average Bonchev–Trinajstić information content (AvgIpc) is 3.65. The van der Waals surface area contributed by atoms with Gasteiger partial charge in [0.25, 0.3) is 11.5 Å². The van der Waals surface area contributed by atoms with Gasteiger partial charge < -0.3 is 10.1 Å². The second-order valence-corrected chi connectivity index (χ2v) is 11.5. The van der Waals surface area contributed by atoms with Crippen LogP contribution in [-0.4, -0.2) is 10.5 Å². The number of nitrogens with one attached hydrogen (secondary N) is 1. The fourth-order valence-electron chi connectivity index (χ4n) is 4.78. The summed E-state index contributed by atoms with van der Waals surface area (Å²) < 4.78 is 8.03. The normalized spacial score (nSPS) is 14.6. The molecule has 0 bridgehead atoms. The molecule has 5 aromatic rings. The summed E-state index contributed by atoms with van der Waals surface area (Å²) in [5.41, 5.74) is 3.72. The molecule has 42 heavy (non-hydrogen) atoms. The van der Waals surface area contributed by atoms with Gasteiger partial charge in [-0.15, -0.1) is 11.3 Å². The number of hydrogen-bond acceptors (Lipinski definition) is 7. The summed E-state index contributed by atoms with van der Waals surface area (Å²) in [6, 6.07) is 29.5. The maximum atomic E-state index is 13.8. The summed E-state index contributed by atoms with van der Waals surface area (Å²) in [7, 11) is 0. The number of thiazole rings is 1. The van der Waals surface area contributed by atoms with Crippen LogP contribution >= 0.6 is 22.7 Å². The van der Waals surface area contributed by atoms with Crippen LogP contribution in [0.25, 0.3) is 6.08 Å². The fourth-order valence-corrected chi connectivity index (χ4v) is 6.65. The van der Waals surface area contributed by atoms with Crippen LogP contribution in [0.15, 0.2) is 117 Å². The van der Waals surface area contributed by atoms with Gasteiger partial charge >= 0.3 is 0 Å². The van der Waals surface area contributed by atoms with Crippen LogP contribution < -0.4 is 24.9 Å². The van der Waals surface area contributed by atoms with E-state index >= 15 is 0 Å². The lowest BCUT2D eigenvalue weighted by Gasteiger charge is -2.24. The van der Waals surface area contributed by atoms with Crippen LogP contribution in [0.5, 0.6) is 5.75 Å². The molecule has 9 heteroatoms. The van der Waals surface area contributed by atoms with Crippen LogP contribution in [0.1, 0.15) is 34.5 Å². The van der Waals surface area contributed by atoms with Crippen molar-refractivity contribution >= 4 is 40.3 Å². The largest absolute Gasteiger partial charge is 0.489 e. The second-order valence-electron chi connectivity index (χ2n) is 9.54. The molecule has 0 fully saturated rings. The van der Waals surface area contributed by atoms with Gasteiger partial charge in [-0.1, -0.05) is 65.9 Å². The number of rotatable bonds is 7. The van der Waals surface area contributed by atoms with E-state index in [0.717, 1.165) is 16.0 Å². The first-order valence-corrected chi connectivity index (χ1v) is 14.8. The van der Waals surface area contributed by atoms with E-state index in [1.165, 1.54) is 22.7 Å². The average molecular weight is 589 g/mol. The molecule has 1 aliphatic rings. The van der Waals surface area contributed by atoms with Gasteiger partial charge in [-0.25, -0.2) is 4.99 Å². The molecule has 1 N–H and O–H groups in total.